The van der Waals surface area contributed by atoms with Crippen molar-refractivity contribution in [1.82, 2.24) is 0 Å². The van der Waals surface area contributed by atoms with Crippen LogP contribution in [-0.4, -0.2) is 47.2 Å². The first kappa shape index (κ1) is 43.6. The van der Waals surface area contributed by atoms with Gasteiger partial charge in [-0.25, -0.2) is 9.59 Å². The van der Waals surface area contributed by atoms with Gasteiger partial charge in [-0.1, -0.05) is 97.1 Å². The summed E-state index contributed by atoms with van der Waals surface area (Å²) in [5, 5.41) is 48.1. The third kappa shape index (κ3) is 9.33. The van der Waals surface area contributed by atoms with Gasteiger partial charge in [-0.15, -0.1) is 20.5 Å². The van der Waals surface area contributed by atoms with Crippen LogP contribution < -0.4 is 10.6 Å². The number of azo groups is 2. The van der Waals surface area contributed by atoms with Crippen LogP contribution in [0.2, 0.25) is 0 Å². The van der Waals surface area contributed by atoms with E-state index in [1.165, 1.54) is 0 Å². The molecule has 0 aliphatic carbocycles. The minimum Gasteiger partial charge on any atom is -0.505 e. The van der Waals surface area contributed by atoms with E-state index in [2.05, 4.69) is 31.1 Å². The van der Waals surface area contributed by atoms with Gasteiger partial charge in [0, 0.05) is 22.1 Å². The molecule has 0 aliphatic rings. The Morgan fingerprint density at radius 3 is 1.21 bits per heavy atom. The Morgan fingerprint density at radius 2 is 0.818 bits per heavy atom. The molecule has 0 heterocycles. The number of carbonyl (C=O) groups excluding carboxylic acids is 4. The molecule has 66 heavy (non-hydrogen) atoms. The summed E-state index contributed by atoms with van der Waals surface area (Å²) >= 11 is 0. The molecule has 0 radical (unpaired) electrons. The lowest BCUT2D eigenvalue weighted by molar-refractivity contribution is 0.0517. The monoisotopic (exact) mass is 876 g/mol. The minimum absolute atomic E-state index is 0.0301. The van der Waals surface area contributed by atoms with Crippen LogP contribution in [0.4, 0.5) is 34.1 Å². The normalized spacial score (nSPS) is 11.2. The van der Waals surface area contributed by atoms with Gasteiger partial charge in [0.1, 0.15) is 22.7 Å². The van der Waals surface area contributed by atoms with E-state index in [1.807, 2.05) is 24.3 Å². The lowest BCUT2D eigenvalue weighted by atomic mass is 10.0. The van der Waals surface area contributed by atoms with Gasteiger partial charge < -0.3 is 30.3 Å². The first-order chi connectivity index (χ1) is 32.1. The predicted octanol–water partition coefficient (Wildman–Crippen LogP) is 12.8. The lowest BCUT2D eigenvalue weighted by Gasteiger charge is -2.12. The number of nitrogens with one attached hydrogen (secondary N) is 2. The Bertz CT molecular complexity index is 3010. The highest BCUT2D eigenvalue weighted by Gasteiger charge is 2.22. The van der Waals surface area contributed by atoms with E-state index in [0.29, 0.717) is 32.9 Å². The van der Waals surface area contributed by atoms with Crippen LogP contribution in [0.5, 0.6) is 11.5 Å². The van der Waals surface area contributed by atoms with Gasteiger partial charge in [0.25, 0.3) is 11.8 Å². The summed E-state index contributed by atoms with van der Waals surface area (Å²) in [6.45, 7) is 3.78. The average Bonchev–Trinajstić information content (AvgIpc) is 3.34. The highest BCUT2D eigenvalue weighted by Crippen LogP contribution is 2.42. The summed E-state index contributed by atoms with van der Waals surface area (Å²) < 4.78 is 10.3. The van der Waals surface area contributed by atoms with Crippen molar-refractivity contribution in [2.75, 3.05) is 23.8 Å². The zero-order valence-electron chi connectivity index (χ0n) is 35.6. The molecule has 8 rings (SSSR count). The van der Waals surface area contributed by atoms with E-state index in [9.17, 15) is 29.4 Å². The van der Waals surface area contributed by atoms with E-state index in [-0.39, 0.29) is 69.7 Å². The van der Waals surface area contributed by atoms with Crippen molar-refractivity contribution in [2.45, 2.75) is 13.8 Å². The summed E-state index contributed by atoms with van der Waals surface area (Å²) in [4.78, 5) is 52.4. The Kier molecular flexibility index (Phi) is 12.9. The van der Waals surface area contributed by atoms with Crippen molar-refractivity contribution in [1.29, 1.82) is 0 Å². The van der Waals surface area contributed by atoms with Crippen molar-refractivity contribution in [3.05, 3.63) is 180 Å². The number of hydrogen-bond acceptors (Lipinski definition) is 12. The third-order valence-corrected chi connectivity index (χ3v) is 10.4. The first-order valence-electron chi connectivity index (χ1n) is 20.8. The molecule has 2 amide bonds. The fourth-order valence-corrected chi connectivity index (χ4v) is 7.16. The molecule has 0 bridgehead atoms. The molecule has 14 heteroatoms. The maximum absolute atomic E-state index is 13.7. The third-order valence-electron chi connectivity index (χ3n) is 10.4. The molecule has 0 unspecified atom stereocenters. The number of fused-ring (bicyclic) bond motifs is 2. The number of esters is 2. The Balaban J connectivity index is 0.976. The highest BCUT2D eigenvalue weighted by atomic mass is 16.5. The van der Waals surface area contributed by atoms with Crippen LogP contribution in [0.15, 0.2) is 178 Å². The standard InChI is InChI=1S/C52H40N6O8/c1-3-65-51(63)39-17-9-11-19-43(39)55-57-45-37-15-7-5-13-33(37)29-41(47(45)59)49(61)53-35-25-21-31(22-26-35)32-23-27-36(28-24-32)54-50(62)42-30-34-14-6-8-16-38(34)46(48(42)60)58-56-44-20-12-10-18-40(44)52(64)66-4-2/h5-30,59-60H,3-4H2,1-2H3,(H,53,61)(H,54,62). The molecule has 326 valence electrons. The molecular formula is C52H40N6O8. The van der Waals surface area contributed by atoms with Gasteiger partial charge in [0.15, 0.2) is 11.5 Å². The number of phenolic OH excluding ortho intramolecular Hbond substituents is 2. The fraction of sp³-hybridized carbons (Fsp3) is 0.0769. The number of rotatable bonds is 13. The van der Waals surface area contributed by atoms with Gasteiger partial charge in [-0.05, 0) is 96.4 Å². The molecule has 14 nitrogen and oxygen atoms in total. The van der Waals surface area contributed by atoms with Crippen molar-refractivity contribution in [3.8, 4) is 22.6 Å². The topological polar surface area (TPSA) is 201 Å². The molecule has 8 aromatic carbocycles. The maximum atomic E-state index is 13.7. The first-order valence-corrected chi connectivity index (χ1v) is 20.8. The van der Waals surface area contributed by atoms with Crippen molar-refractivity contribution < 1.29 is 38.9 Å². The maximum Gasteiger partial charge on any atom is 0.340 e. The summed E-state index contributed by atoms with van der Waals surface area (Å²) in [5.41, 5.74) is 3.50. The number of hydrogen-bond donors (Lipinski definition) is 4. The Labute approximate surface area is 377 Å². The average molecular weight is 877 g/mol. The van der Waals surface area contributed by atoms with Gasteiger partial charge in [0.2, 0.25) is 0 Å². The minimum atomic E-state index is -0.582. The van der Waals surface area contributed by atoms with Crippen molar-refractivity contribution in [2.24, 2.45) is 20.5 Å². The molecule has 0 saturated heterocycles. The van der Waals surface area contributed by atoms with E-state index in [1.54, 1.807) is 147 Å². The summed E-state index contributed by atoms with van der Waals surface area (Å²) in [7, 11) is 0. The molecule has 0 fully saturated rings. The molecule has 8 aromatic rings. The molecule has 0 aliphatic heterocycles. The molecule has 0 spiro atoms. The number of nitrogens with zero attached hydrogens (tertiary/aromatic N) is 4. The number of anilines is 2. The molecular weight excluding hydrogens is 837 g/mol. The highest BCUT2D eigenvalue weighted by molar-refractivity contribution is 6.13. The van der Waals surface area contributed by atoms with Crippen LogP contribution >= 0.6 is 0 Å². The van der Waals surface area contributed by atoms with E-state index in [0.717, 1.165) is 11.1 Å². The van der Waals surface area contributed by atoms with Crippen molar-refractivity contribution >= 4 is 79.4 Å². The van der Waals surface area contributed by atoms with Crippen LogP contribution in [0.25, 0.3) is 32.7 Å². The van der Waals surface area contributed by atoms with Gasteiger partial charge in [-0.2, -0.15) is 0 Å². The van der Waals surface area contributed by atoms with E-state index >= 15 is 0 Å². The van der Waals surface area contributed by atoms with Gasteiger partial charge >= 0.3 is 11.9 Å². The van der Waals surface area contributed by atoms with Crippen LogP contribution in [0, 0.1) is 0 Å². The zero-order valence-corrected chi connectivity index (χ0v) is 35.6. The second kappa shape index (κ2) is 19.6. The zero-order chi connectivity index (χ0) is 46.2. The summed E-state index contributed by atoms with van der Waals surface area (Å²) in [6, 6.07) is 44.7. The number of phenols is 2. The molecule has 0 aromatic heterocycles. The number of amides is 2. The van der Waals surface area contributed by atoms with E-state index < -0.39 is 23.8 Å². The molecule has 0 atom stereocenters. The van der Waals surface area contributed by atoms with Crippen LogP contribution in [-0.2, 0) is 9.47 Å². The van der Waals surface area contributed by atoms with E-state index in [4.69, 9.17) is 9.47 Å². The second-order valence-corrected chi connectivity index (χ2v) is 14.6. The second-order valence-electron chi connectivity index (χ2n) is 14.6. The predicted molar refractivity (Wildman–Crippen MR) is 252 cm³/mol. The summed E-state index contributed by atoms with van der Waals surface area (Å²) in [6.07, 6.45) is 0. The summed E-state index contributed by atoms with van der Waals surface area (Å²) in [5.74, 6) is -3.06. The molecule has 4 N–H and O–H groups in total. The Morgan fingerprint density at radius 1 is 0.455 bits per heavy atom. The fourth-order valence-electron chi connectivity index (χ4n) is 7.16. The van der Waals surface area contributed by atoms with Crippen molar-refractivity contribution in [3.63, 3.8) is 0 Å². The Hall–Kier alpha value is -9.04. The smallest absolute Gasteiger partial charge is 0.340 e. The van der Waals surface area contributed by atoms with Crippen LogP contribution in [0.3, 0.4) is 0 Å². The number of benzene rings is 8. The largest absolute Gasteiger partial charge is 0.505 e. The number of ether oxygens (including phenoxy) is 2. The quantitative estimate of drug-likeness (QED) is 0.0647. The lowest BCUT2D eigenvalue weighted by Crippen LogP contribution is -2.12. The molecule has 0 saturated carbocycles. The number of carbonyl (C=O) groups is 4. The van der Waals surface area contributed by atoms with Crippen LogP contribution in [0.1, 0.15) is 55.3 Å². The SMILES string of the molecule is CCOC(=O)c1ccccc1N=Nc1c(O)c(C(=O)Nc2ccc(-c3ccc(NC(=O)c4cc5ccccc5c(N=Nc5ccccc5C(=O)OCC)c4O)cc3)cc2)cc2ccccc12. The van der Waals surface area contributed by atoms with Gasteiger partial charge in [0.05, 0.1) is 35.5 Å². The number of aromatic hydroxyl groups is 2. The van der Waals surface area contributed by atoms with Gasteiger partial charge in [-0.3, -0.25) is 9.59 Å².